The molecule has 0 aliphatic carbocycles. The molecule has 2 N–H and O–H groups in total. The molecule has 0 aliphatic rings. The van der Waals surface area contributed by atoms with Crippen molar-refractivity contribution in [1.29, 1.82) is 0 Å². The van der Waals surface area contributed by atoms with E-state index in [-0.39, 0.29) is 12.0 Å². The number of hydrogen-bond donors (Lipinski definition) is 1. The molecule has 5 heteroatoms. The van der Waals surface area contributed by atoms with E-state index in [0.29, 0.717) is 11.7 Å². The first-order valence-electron chi connectivity index (χ1n) is 6.38. The van der Waals surface area contributed by atoms with E-state index in [2.05, 4.69) is 33.0 Å². The van der Waals surface area contributed by atoms with Crippen molar-refractivity contribution in [2.24, 2.45) is 5.73 Å². The van der Waals surface area contributed by atoms with Crippen molar-refractivity contribution in [3.63, 3.8) is 0 Å². The lowest BCUT2D eigenvalue weighted by Crippen LogP contribution is -2.24. The largest absolute Gasteiger partial charge is 0.339 e. The zero-order valence-electron chi connectivity index (χ0n) is 11.4. The molecule has 1 aromatic heterocycles. The van der Waals surface area contributed by atoms with Gasteiger partial charge < -0.3 is 10.3 Å². The third kappa shape index (κ3) is 3.04. The molecule has 0 fully saturated rings. The predicted octanol–water partition coefficient (Wildman–Crippen LogP) is 3.65. The second-order valence-electron chi connectivity index (χ2n) is 4.81. The lowest BCUT2D eigenvalue weighted by Gasteiger charge is -2.13. The highest BCUT2D eigenvalue weighted by Crippen LogP contribution is 2.29. The van der Waals surface area contributed by atoms with E-state index in [1.165, 1.54) is 5.56 Å². The Morgan fingerprint density at radius 1 is 1.42 bits per heavy atom. The first-order chi connectivity index (χ1) is 9.02. The van der Waals surface area contributed by atoms with Crippen molar-refractivity contribution in [3.8, 4) is 11.4 Å². The predicted molar refractivity (Wildman–Crippen MR) is 78.9 cm³/mol. The van der Waals surface area contributed by atoms with E-state index >= 15 is 0 Å². The Labute approximate surface area is 121 Å². The van der Waals surface area contributed by atoms with Crippen LogP contribution in [0.2, 0.25) is 0 Å². The summed E-state index contributed by atoms with van der Waals surface area (Å²) in [7, 11) is 0. The molecule has 2 unspecified atom stereocenters. The number of nitrogens with two attached hydrogens (primary N) is 1. The van der Waals surface area contributed by atoms with Crippen LogP contribution in [0.4, 0.5) is 0 Å². The highest BCUT2D eigenvalue weighted by atomic mass is 79.9. The average Bonchev–Trinajstić information content (AvgIpc) is 2.78. The van der Waals surface area contributed by atoms with Gasteiger partial charge in [0, 0.05) is 16.1 Å². The Morgan fingerprint density at radius 2 is 2.16 bits per heavy atom. The Hall–Kier alpha value is -1.20. The minimum Gasteiger partial charge on any atom is -0.339 e. The molecule has 19 heavy (non-hydrogen) atoms. The Morgan fingerprint density at radius 3 is 2.74 bits per heavy atom. The fourth-order valence-corrected chi connectivity index (χ4v) is 2.74. The van der Waals surface area contributed by atoms with Gasteiger partial charge in [-0.25, -0.2) is 0 Å². The lowest BCUT2D eigenvalue weighted by molar-refractivity contribution is 0.334. The molecule has 0 aliphatic heterocycles. The Kier molecular flexibility index (Phi) is 4.37. The average molecular weight is 324 g/mol. The fraction of sp³-hybridized carbons (Fsp3) is 0.429. The normalized spacial score (nSPS) is 14.4. The van der Waals surface area contributed by atoms with Crippen molar-refractivity contribution in [3.05, 3.63) is 34.1 Å². The second-order valence-corrected chi connectivity index (χ2v) is 5.67. The van der Waals surface area contributed by atoms with Crippen LogP contribution in [0.3, 0.4) is 0 Å². The maximum absolute atomic E-state index is 5.94. The summed E-state index contributed by atoms with van der Waals surface area (Å²) in [6.07, 6.45) is 0.883. The van der Waals surface area contributed by atoms with E-state index in [1.807, 2.05) is 32.0 Å². The van der Waals surface area contributed by atoms with Gasteiger partial charge in [-0.05, 0) is 38.0 Å². The zero-order chi connectivity index (χ0) is 14.0. The maximum atomic E-state index is 5.94. The van der Waals surface area contributed by atoms with Gasteiger partial charge in [-0.3, -0.25) is 0 Å². The minimum atomic E-state index is -0.000224. The molecule has 4 nitrogen and oxygen atoms in total. The molecule has 0 radical (unpaired) electrons. The highest BCUT2D eigenvalue weighted by Gasteiger charge is 2.22. The number of benzene rings is 1. The number of aryl methyl sites for hydroxylation is 1. The number of nitrogens with zero attached hydrogens (tertiary/aromatic N) is 2. The summed E-state index contributed by atoms with van der Waals surface area (Å²) < 4.78 is 6.32. The summed E-state index contributed by atoms with van der Waals surface area (Å²) in [6.45, 7) is 6.07. The SMILES string of the molecule is CCC(c1nc(-c2ccc(C)cc2Br)no1)C(C)N. The van der Waals surface area contributed by atoms with E-state index in [9.17, 15) is 0 Å². The molecule has 0 amide bonds. The molecular weight excluding hydrogens is 306 g/mol. The molecule has 0 spiro atoms. The van der Waals surface area contributed by atoms with Crippen molar-refractivity contribution in [2.75, 3.05) is 0 Å². The summed E-state index contributed by atoms with van der Waals surface area (Å²) >= 11 is 3.53. The van der Waals surface area contributed by atoms with Crippen molar-refractivity contribution >= 4 is 15.9 Å². The summed E-state index contributed by atoms with van der Waals surface area (Å²) in [5.74, 6) is 1.31. The zero-order valence-corrected chi connectivity index (χ0v) is 12.9. The molecule has 1 heterocycles. The van der Waals surface area contributed by atoms with Crippen LogP contribution in [0.5, 0.6) is 0 Å². The highest BCUT2D eigenvalue weighted by molar-refractivity contribution is 9.10. The first kappa shape index (κ1) is 14.2. The van der Waals surface area contributed by atoms with Crippen LogP contribution in [0.15, 0.2) is 27.2 Å². The van der Waals surface area contributed by atoms with Gasteiger partial charge in [0.05, 0.1) is 5.92 Å². The van der Waals surface area contributed by atoms with Crippen LogP contribution < -0.4 is 5.73 Å². The van der Waals surface area contributed by atoms with Crippen molar-refractivity contribution in [2.45, 2.75) is 39.2 Å². The van der Waals surface area contributed by atoms with Gasteiger partial charge in [0.1, 0.15) is 0 Å². The molecule has 0 bridgehead atoms. The number of halogens is 1. The molecule has 2 rings (SSSR count). The fourth-order valence-electron chi connectivity index (χ4n) is 2.07. The van der Waals surface area contributed by atoms with Crippen LogP contribution in [0.25, 0.3) is 11.4 Å². The third-order valence-electron chi connectivity index (χ3n) is 3.20. The smallest absolute Gasteiger partial charge is 0.231 e. The van der Waals surface area contributed by atoms with E-state index in [1.54, 1.807) is 0 Å². The number of rotatable bonds is 4. The molecule has 0 saturated carbocycles. The van der Waals surface area contributed by atoms with Gasteiger partial charge in [-0.15, -0.1) is 0 Å². The van der Waals surface area contributed by atoms with Gasteiger partial charge >= 0.3 is 0 Å². The van der Waals surface area contributed by atoms with Crippen LogP contribution in [0, 0.1) is 6.92 Å². The topological polar surface area (TPSA) is 64.9 Å². The molecule has 102 valence electrons. The van der Waals surface area contributed by atoms with Crippen molar-refractivity contribution in [1.82, 2.24) is 10.1 Å². The third-order valence-corrected chi connectivity index (χ3v) is 3.86. The van der Waals surface area contributed by atoms with Gasteiger partial charge in [0.2, 0.25) is 11.7 Å². The second kappa shape index (κ2) is 5.84. The van der Waals surface area contributed by atoms with Gasteiger partial charge in [0.25, 0.3) is 0 Å². The number of aromatic nitrogens is 2. The van der Waals surface area contributed by atoms with Gasteiger partial charge in [0.15, 0.2) is 0 Å². The summed E-state index contributed by atoms with van der Waals surface area (Å²) in [5.41, 5.74) is 8.05. The lowest BCUT2D eigenvalue weighted by atomic mass is 9.99. The molecular formula is C14H18BrN3O. The van der Waals surface area contributed by atoms with Crippen LogP contribution in [-0.2, 0) is 0 Å². The van der Waals surface area contributed by atoms with Crippen LogP contribution in [0.1, 0.15) is 37.6 Å². The summed E-state index contributed by atoms with van der Waals surface area (Å²) in [5, 5.41) is 4.06. The standard InChI is InChI=1S/C14H18BrN3O/c1-4-10(9(3)16)14-17-13(18-19-14)11-6-5-8(2)7-12(11)15/h5-7,9-10H,4,16H2,1-3H3. The monoisotopic (exact) mass is 323 g/mol. The van der Waals surface area contributed by atoms with Crippen molar-refractivity contribution < 1.29 is 4.52 Å². The van der Waals surface area contributed by atoms with Crippen LogP contribution in [-0.4, -0.2) is 16.2 Å². The first-order valence-corrected chi connectivity index (χ1v) is 7.18. The van der Waals surface area contributed by atoms with E-state index in [4.69, 9.17) is 10.3 Å². The molecule has 2 atom stereocenters. The summed E-state index contributed by atoms with van der Waals surface area (Å²) in [6, 6.07) is 6.05. The van der Waals surface area contributed by atoms with Crippen LogP contribution >= 0.6 is 15.9 Å². The Balaban J connectivity index is 2.35. The molecule has 0 saturated heterocycles. The Bertz CT molecular complexity index is 566. The van der Waals surface area contributed by atoms with Gasteiger partial charge in [-0.2, -0.15) is 4.98 Å². The molecule has 1 aromatic carbocycles. The quantitative estimate of drug-likeness (QED) is 0.932. The summed E-state index contributed by atoms with van der Waals surface area (Å²) in [4.78, 5) is 4.48. The molecule has 2 aromatic rings. The minimum absolute atomic E-state index is 0.000224. The van der Waals surface area contributed by atoms with Gasteiger partial charge in [-0.1, -0.05) is 34.1 Å². The number of hydrogen-bond acceptors (Lipinski definition) is 4. The van der Waals surface area contributed by atoms with E-state index in [0.717, 1.165) is 16.5 Å². The maximum Gasteiger partial charge on any atom is 0.231 e. The van der Waals surface area contributed by atoms with E-state index < -0.39 is 0 Å².